The van der Waals surface area contributed by atoms with Gasteiger partial charge in [0.25, 0.3) is 0 Å². The van der Waals surface area contributed by atoms with Crippen molar-refractivity contribution in [2.24, 2.45) is 0 Å². The summed E-state index contributed by atoms with van der Waals surface area (Å²) >= 11 is 0. The monoisotopic (exact) mass is 288 g/mol. The van der Waals surface area contributed by atoms with Crippen LogP contribution in [-0.2, 0) is 5.54 Å². The molecule has 2 aromatic rings. The largest absolute Gasteiger partial charge is 0.497 e. The van der Waals surface area contributed by atoms with Crippen molar-refractivity contribution in [1.29, 1.82) is 0 Å². The number of hydrogen-bond donors (Lipinski definition) is 0. The first-order chi connectivity index (χ1) is 9.90. The van der Waals surface area contributed by atoms with Crippen LogP contribution in [0.2, 0.25) is 0 Å². The number of carbonyl (C=O) groups is 1. The highest BCUT2D eigenvalue weighted by atomic mass is 16.5. The minimum absolute atomic E-state index is 0.206. The number of methoxy groups -OCH3 is 2. The molecule has 5 nitrogen and oxygen atoms in total. The third-order valence-corrected chi connectivity index (χ3v) is 3.22. The predicted molar refractivity (Wildman–Crippen MR) is 81.2 cm³/mol. The van der Waals surface area contributed by atoms with Gasteiger partial charge in [0.1, 0.15) is 17.2 Å². The lowest BCUT2D eigenvalue weighted by atomic mass is 10.1. The Morgan fingerprint density at radius 2 is 1.90 bits per heavy atom. The summed E-state index contributed by atoms with van der Waals surface area (Å²) in [5.74, 6) is 1.34. The fraction of sp³-hybridized carbons (Fsp3) is 0.375. The average Bonchev–Trinajstić information content (AvgIpc) is 2.90. The first kappa shape index (κ1) is 15.1. The van der Waals surface area contributed by atoms with Gasteiger partial charge < -0.3 is 9.47 Å². The van der Waals surface area contributed by atoms with Crippen LogP contribution in [-0.4, -0.2) is 30.3 Å². The average molecular weight is 288 g/mol. The highest BCUT2D eigenvalue weighted by Crippen LogP contribution is 2.34. The second-order valence-corrected chi connectivity index (χ2v) is 5.73. The summed E-state index contributed by atoms with van der Waals surface area (Å²) in [4.78, 5) is 11.4. The number of hydrogen-bond acceptors (Lipinski definition) is 4. The standard InChI is InChI=1S/C16H20N2O3/c1-16(2,3)18-9-11(10-19)15(17-18)13-8-12(20-4)6-7-14(13)21-5/h6-10H,1-5H3. The van der Waals surface area contributed by atoms with Gasteiger partial charge in [0.15, 0.2) is 6.29 Å². The Morgan fingerprint density at radius 1 is 1.19 bits per heavy atom. The van der Waals surface area contributed by atoms with Gasteiger partial charge in [0, 0.05) is 11.8 Å². The first-order valence-corrected chi connectivity index (χ1v) is 6.68. The summed E-state index contributed by atoms with van der Waals surface area (Å²) in [6.45, 7) is 6.09. The van der Waals surface area contributed by atoms with E-state index < -0.39 is 0 Å². The molecule has 0 amide bonds. The van der Waals surface area contributed by atoms with Gasteiger partial charge >= 0.3 is 0 Å². The molecule has 0 atom stereocenters. The second-order valence-electron chi connectivity index (χ2n) is 5.73. The summed E-state index contributed by atoms with van der Waals surface area (Å²) in [6, 6.07) is 5.43. The smallest absolute Gasteiger partial charge is 0.153 e. The predicted octanol–water partition coefficient (Wildman–Crippen LogP) is 3.13. The van der Waals surface area contributed by atoms with E-state index in [2.05, 4.69) is 5.10 Å². The maximum atomic E-state index is 11.4. The minimum atomic E-state index is -0.206. The maximum absolute atomic E-state index is 11.4. The molecule has 0 saturated heterocycles. The lowest BCUT2D eigenvalue weighted by Crippen LogP contribution is -2.22. The van der Waals surface area contributed by atoms with Gasteiger partial charge in [0.2, 0.25) is 0 Å². The van der Waals surface area contributed by atoms with Crippen LogP contribution in [0.5, 0.6) is 11.5 Å². The number of carbonyl (C=O) groups excluding carboxylic acids is 1. The van der Waals surface area contributed by atoms with Gasteiger partial charge in [-0.2, -0.15) is 5.10 Å². The Kier molecular flexibility index (Phi) is 4.02. The molecule has 0 unspecified atom stereocenters. The molecule has 0 spiro atoms. The van der Waals surface area contributed by atoms with Gasteiger partial charge in [-0.1, -0.05) is 0 Å². The normalized spacial score (nSPS) is 11.3. The SMILES string of the molecule is COc1ccc(OC)c(-c2nn(C(C)(C)C)cc2C=O)c1. The lowest BCUT2D eigenvalue weighted by molar-refractivity contribution is 0.112. The molecule has 1 aromatic carbocycles. The molecule has 0 N–H and O–H groups in total. The fourth-order valence-corrected chi connectivity index (χ4v) is 2.03. The molecule has 0 fully saturated rings. The lowest BCUT2D eigenvalue weighted by Gasteiger charge is -2.18. The van der Waals surface area contributed by atoms with E-state index >= 15 is 0 Å². The third kappa shape index (κ3) is 2.91. The van der Waals surface area contributed by atoms with E-state index in [0.717, 1.165) is 11.8 Å². The number of aromatic nitrogens is 2. The van der Waals surface area contributed by atoms with Crippen LogP contribution < -0.4 is 9.47 Å². The van der Waals surface area contributed by atoms with Crippen molar-refractivity contribution < 1.29 is 14.3 Å². The van der Waals surface area contributed by atoms with E-state index in [0.29, 0.717) is 22.8 Å². The van der Waals surface area contributed by atoms with Gasteiger partial charge in [-0.05, 0) is 39.0 Å². The molecule has 112 valence electrons. The number of rotatable bonds is 4. The molecule has 21 heavy (non-hydrogen) atoms. The zero-order valence-corrected chi connectivity index (χ0v) is 13.0. The van der Waals surface area contributed by atoms with Gasteiger partial charge in [-0.3, -0.25) is 9.48 Å². The summed E-state index contributed by atoms with van der Waals surface area (Å²) < 4.78 is 12.4. The van der Waals surface area contributed by atoms with Gasteiger partial charge in [-0.15, -0.1) is 0 Å². The Labute approximate surface area is 124 Å². The van der Waals surface area contributed by atoms with Crippen LogP contribution in [0.3, 0.4) is 0 Å². The van der Waals surface area contributed by atoms with Crippen LogP contribution in [0.4, 0.5) is 0 Å². The Balaban J connectivity index is 2.65. The zero-order valence-electron chi connectivity index (χ0n) is 13.0. The van der Waals surface area contributed by atoms with Gasteiger partial charge in [0.05, 0.1) is 25.3 Å². The van der Waals surface area contributed by atoms with Crippen molar-refractivity contribution in [2.45, 2.75) is 26.3 Å². The van der Waals surface area contributed by atoms with E-state index in [4.69, 9.17) is 9.47 Å². The van der Waals surface area contributed by atoms with Crippen molar-refractivity contribution in [1.82, 2.24) is 9.78 Å². The molecule has 0 aliphatic rings. The highest BCUT2D eigenvalue weighted by Gasteiger charge is 2.21. The summed E-state index contributed by atoms with van der Waals surface area (Å²) in [7, 11) is 3.19. The van der Waals surface area contributed by atoms with E-state index in [1.807, 2.05) is 32.9 Å². The molecule has 0 radical (unpaired) electrons. The molecule has 0 aliphatic heterocycles. The van der Waals surface area contributed by atoms with E-state index in [1.54, 1.807) is 31.2 Å². The fourth-order valence-electron chi connectivity index (χ4n) is 2.03. The van der Waals surface area contributed by atoms with E-state index in [9.17, 15) is 4.79 Å². The minimum Gasteiger partial charge on any atom is -0.497 e. The van der Waals surface area contributed by atoms with Crippen LogP contribution >= 0.6 is 0 Å². The molecule has 0 aliphatic carbocycles. The topological polar surface area (TPSA) is 53.4 Å². The Bertz CT molecular complexity index is 654. The van der Waals surface area contributed by atoms with Gasteiger partial charge in [-0.25, -0.2) is 0 Å². The Morgan fingerprint density at radius 3 is 2.43 bits per heavy atom. The molecule has 0 saturated carbocycles. The number of benzene rings is 1. The van der Waals surface area contributed by atoms with Crippen molar-refractivity contribution in [2.75, 3.05) is 14.2 Å². The summed E-state index contributed by atoms with van der Waals surface area (Å²) in [5.41, 5.74) is 1.65. The molecule has 5 heteroatoms. The van der Waals surface area contributed by atoms with E-state index in [1.165, 1.54) is 0 Å². The maximum Gasteiger partial charge on any atom is 0.153 e. The highest BCUT2D eigenvalue weighted by molar-refractivity contribution is 5.87. The van der Waals surface area contributed by atoms with Crippen LogP contribution in [0, 0.1) is 0 Å². The van der Waals surface area contributed by atoms with Crippen molar-refractivity contribution >= 4 is 6.29 Å². The number of aldehydes is 1. The zero-order chi connectivity index (χ0) is 15.6. The molecular weight excluding hydrogens is 268 g/mol. The Hall–Kier alpha value is -2.30. The summed E-state index contributed by atoms with van der Waals surface area (Å²) in [5, 5.41) is 4.56. The number of nitrogens with zero attached hydrogens (tertiary/aromatic N) is 2. The van der Waals surface area contributed by atoms with Crippen LogP contribution in [0.25, 0.3) is 11.3 Å². The van der Waals surface area contributed by atoms with Crippen molar-refractivity contribution in [3.63, 3.8) is 0 Å². The van der Waals surface area contributed by atoms with Crippen LogP contribution in [0.15, 0.2) is 24.4 Å². The molecule has 0 bridgehead atoms. The van der Waals surface area contributed by atoms with E-state index in [-0.39, 0.29) is 5.54 Å². The molecule has 1 heterocycles. The van der Waals surface area contributed by atoms with Crippen molar-refractivity contribution in [3.05, 3.63) is 30.0 Å². The van der Waals surface area contributed by atoms with Crippen LogP contribution in [0.1, 0.15) is 31.1 Å². The summed E-state index contributed by atoms with van der Waals surface area (Å²) in [6.07, 6.45) is 2.56. The quantitative estimate of drug-likeness (QED) is 0.811. The molecule has 1 aromatic heterocycles. The van der Waals surface area contributed by atoms with Crippen molar-refractivity contribution in [3.8, 4) is 22.8 Å². The third-order valence-electron chi connectivity index (χ3n) is 3.22. The molecule has 2 rings (SSSR count). The molecular formula is C16H20N2O3. The first-order valence-electron chi connectivity index (χ1n) is 6.68. The number of ether oxygens (including phenoxy) is 2. The second kappa shape index (κ2) is 5.60.